The van der Waals surface area contributed by atoms with Crippen LogP contribution in [0.15, 0.2) is 65.3 Å². The number of aromatic nitrogens is 2. The molecule has 110 valence electrons. The molecule has 0 unspecified atom stereocenters. The summed E-state index contributed by atoms with van der Waals surface area (Å²) in [5, 5.41) is 15.5. The molecule has 0 amide bonds. The summed E-state index contributed by atoms with van der Waals surface area (Å²) in [6.45, 7) is 0.666. The van der Waals surface area contributed by atoms with Gasteiger partial charge in [0.15, 0.2) is 0 Å². The van der Waals surface area contributed by atoms with Gasteiger partial charge in [-0.15, -0.1) is 0 Å². The Balaban J connectivity index is 1.88. The second-order valence-corrected chi connectivity index (χ2v) is 5.66. The normalized spacial score (nSPS) is 10.6. The number of nitro benzene ring substituents is 1. The molecule has 3 aromatic rings. The third kappa shape index (κ3) is 3.07. The van der Waals surface area contributed by atoms with Gasteiger partial charge in [0.2, 0.25) is 0 Å². The summed E-state index contributed by atoms with van der Waals surface area (Å²) in [5.74, 6) is 0. The molecule has 0 fully saturated rings. The molecule has 0 aliphatic rings. The van der Waals surface area contributed by atoms with Crippen LogP contribution >= 0.6 is 15.9 Å². The van der Waals surface area contributed by atoms with Gasteiger partial charge in [-0.05, 0) is 33.6 Å². The van der Waals surface area contributed by atoms with Crippen molar-refractivity contribution in [1.29, 1.82) is 0 Å². The van der Waals surface area contributed by atoms with Crippen LogP contribution in [0, 0.1) is 10.1 Å². The van der Waals surface area contributed by atoms with E-state index in [1.165, 1.54) is 6.07 Å². The number of rotatable bonds is 4. The number of hydrogen-bond donors (Lipinski definition) is 0. The Morgan fingerprint density at radius 3 is 2.64 bits per heavy atom. The summed E-state index contributed by atoms with van der Waals surface area (Å²) < 4.78 is 2.28. The van der Waals surface area contributed by atoms with E-state index in [0.717, 1.165) is 11.1 Å². The molecule has 0 saturated heterocycles. The molecular weight excluding hydrogens is 346 g/mol. The van der Waals surface area contributed by atoms with Gasteiger partial charge in [0.25, 0.3) is 5.69 Å². The molecule has 6 heteroatoms. The molecule has 0 aliphatic carbocycles. The molecule has 22 heavy (non-hydrogen) atoms. The minimum Gasteiger partial charge on any atom is -0.268 e. The van der Waals surface area contributed by atoms with Gasteiger partial charge in [-0.1, -0.05) is 36.4 Å². The van der Waals surface area contributed by atoms with Crippen LogP contribution in [0.4, 0.5) is 5.69 Å². The Labute approximate surface area is 135 Å². The molecule has 0 saturated carbocycles. The van der Waals surface area contributed by atoms with E-state index in [-0.39, 0.29) is 5.69 Å². The summed E-state index contributed by atoms with van der Waals surface area (Å²) in [6.07, 6.45) is 1.87. The van der Waals surface area contributed by atoms with E-state index < -0.39 is 4.92 Å². The highest BCUT2D eigenvalue weighted by atomic mass is 79.9. The smallest absolute Gasteiger partial charge is 0.268 e. The van der Waals surface area contributed by atoms with Gasteiger partial charge < -0.3 is 0 Å². The number of halogens is 1. The SMILES string of the molecule is O=[N+]([O-])c1cc(-c2ccn(Cc3ccccc3)n2)ccc1Br. The summed E-state index contributed by atoms with van der Waals surface area (Å²) in [5.41, 5.74) is 2.63. The number of benzene rings is 2. The van der Waals surface area contributed by atoms with Crippen molar-refractivity contribution in [2.24, 2.45) is 0 Å². The topological polar surface area (TPSA) is 61.0 Å². The quantitative estimate of drug-likeness (QED) is 0.517. The van der Waals surface area contributed by atoms with Crippen LogP contribution < -0.4 is 0 Å². The molecule has 3 rings (SSSR count). The van der Waals surface area contributed by atoms with Gasteiger partial charge in [0, 0.05) is 17.8 Å². The Bertz CT molecular complexity index is 815. The van der Waals surface area contributed by atoms with Crippen molar-refractivity contribution >= 4 is 21.6 Å². The monoisotopic (exact) mass is 357 g/mol. The predicted molar refractivity (Wildman–Crippen MR) is 87.6 cm³/mol. The van der Waals surface area contributed by atoms with Crippen LogP contribution in [0.5, 0.6) is 0 Å². The average molecular weight is 358 g/mol. The first-order chi connectivity index (χ1) is 10.6. The van der Waals surface area contributed by atoms with Crippen LogP contribution in [-0.4, -0.2) is 14.7 Å². The maximum absolute atomic E-state index is 11.0. The van der Waals surface area contributed by atoms with E-state index in [4.69, 9.17) is 0 Å². The Morgan fingerprint density at radius 2 is 1.91 bits per heavy atom. The summed E-state index contributed by atoms with van der Waals surface area (Å²) in [6, 6.07) is 16.9. The van der Waals surface area contributed by atoms with Crippen LogP contribution in [0.3, 0.4) is 0 Å². The second-order valence-electron chi connectivity index (χ2n) is 4.81. The number of nitro groups is 1. The molecule has 0 bridgehead atoms. The van der Waals surface area contributed by atoms with Crippen LogP contribution in [-0.2, 0) is 6.54 Å². The molecule has 1 heterocycles. The molecule has 0 aliphatic heterocycles. The van der Waals surface area contributed by atoms with Crippen molar-refractivity contribution < 1.29 is 4.92 Å². The summed E-state index contributed by atoms with van der Waals surface area (Å²) in [7, 11) is 0. The first-order valence-electron chi connectivity index (χ1n) is 6.65. The zero-order chi connectivity index (χ0) is 15.5. The molecule has 5 nitrogen and oxygen atoms in total. The van der Waals surface area contributed by atoms with Gasteiger partial charge in [-0.25, -0.2) is 0 Å². The van der Waals surface area contributed by atoms with E-state index in [1.54, 1.807) is 6.07 Å². The highest BCUT2D eigenvalue weighted by Crippen LogP contribution is 2.29. The van der Waals surface area contributed by atoms with E-state index in [0.29, 0.717) is 16.7 Å². The lowest BCUT2D eigenvalue weighted by Gasteiger charge is -2.02. The van der Waals surface area contributed by atoms with E-state index in [9.17, 15) is 10.1 Å². The van der Waals surface area contributed by atoms with Crippen molar-refractivity contribution in [2.45, 2.75) is 6.54 Å². The van der Waals surface area contributed by atoms with Crippen LogP contribution in [0.2, 0.25) is 0 Å². The minimum atomic E-state index is -0.408. The van der Waals surface area contributed by atoms with Gasteiger partial charge >= 0.3 is 0 Å². The predicted octanol–water partition coefficient (Wildman–Crippen LogP) is 4.27. The average Bonchev–Trinajstić information content (AvgIpc) is 2.97. The lowest BCUT2D eigenvalue weighted by atomic mass is 10.1. The number of hydrogen-bond acceptors (Lipinski definition) is 3. The fourth-order valence-corrected chi connectivity index (χ4v) is 2.58. The first-order valence-corrected chi connectivity index (χ1v) is 7.44. The molecule has 0 spiro atoms. The molecule has 1 aromatic heterocycles. The van der Waals surface area contributed by atoms with Crippen molar-refractivity contribution in [3.05, 3.63) is 80.9 Å². The van der Waals surface area contributed by atoms with E-state index in [2.05, 4.69) is 21.0 Å². The third-order valence-corrected chi connectivity index (χ3v) is 3.94. The van der Waals surface area contributed by atoms with Gasteiger partial charge in [0.1, 0.15) is 0 Å². The van der Waals surface area contributed by atoms with Crippen LogP contribution in [0.25, 0.3) is 11.3 Å². The van der Waals surface area contributed by atoms with Gasteiger partial charge in [-0.3, -0.25) is 14.8 Å². The zero-order valence-electron chi connectivity index (χ0n) is 11.5. The Morgan fingerprint density at radius 1 is 1.14 bits per heavy atom. The molecule has 0 atom stereocenters. The van der Waals surface area contributed by atoms with Gasteiger partial charge in [0.05, 0.1) is 21.6 Å². The lowest BCUT2D eigenvalue weighted by molar-refractivity contribution is -0.385. The van der Waals surface area contributed by atoms with Crippen molar-refractivity contribution in [3.8, 4) is 11.3 Å². The fourth-order valence-electron chi connectivity index (χ4n) is 2.19. The van der Waals surface area contributed by atoms with Crippen molar-refractivity contribution in [2.75, 3.05) is 0 Å². The second kappa shape index (κ2) is 6.11. The highest BCUT2D eigenvalue weighted by molar-refractivity contribution is 9.10. The van der Waals surface area contributed by atoms with E-state index in [1.807, 2.05) is 53.3 Å². The van der Waals surface area contributed by atoms with Crippen LogP contribution in [0.1, 0.15) is 5.56 Å². The maximum atomic E-state index is 11.0. The molecule has 0 radical (unpaired) electrons. The summed E-state index contributed by atoms with van der Waals surface area (Å²) in [4.78, 5) is 10.6. The maximum Gasteiger partial charge on any atom is 0.284 e. The Hall–Kier alpha value is -2.47. The number of nitrogens with zero attached hydrogens (tertiary/aromatic N) is 3. The Kier molecular flexibility index (Phi) is 4.02. The van der Waals surface area contributed by atoms with Crippen molar-refractivity contribution in [3.63, 3.8) is 0 Å². The highest BCUT2D eigenvalue weighted by Gasteiger charge is 2.14. The molecular formula is C16H12BrN3O2. The first kappa shape index (κ1) is 14.5. The fraction of sp³-hybridized carbons (Fsp3) is 0.0625. The summed E-state index contributed by atoms with van der Waals surface area (Å²) >= 11 is 3.19. The minimum absolute atomic E-state index is 0.0371. The van der Waals surface area contributed by atoms with Crippen molar-refractivity contribution in [1.82, 2.24) is 9.78 Å². The molecule has 0 N–H and O–H groups in total. The van der Waals surface area contributed by atoms with Gasteiger partial charge in [-0.2, -0.15) is 5.10 Å². The molecule has 2 aromatic carbocycles. The standard InChI is InChI=1S/C16H12BrN3O2/c17-14-7-6-13(10-16(14)20(21)22)15-8-9-19(18-15)11-12-4-2-1-3-5-12/h1-10H,11H2. The largest absolute Gasteiger partial charge is 0.284 e. The third-order valence-electron chi connectivity index (χ3n) is 3.27. The lowest BCUT2D eigenvalue weighted by Crippen LogP contribution is -2.00. The zero-order valence-corrected chi connectivity index (χ0v) is 13.1. The van der Waals surface area contributed by atoms with E-state index >= 15 is 0 Å².